The van der Waals surface area contributed by atoms with Crippen molar-refractivity contribution in [2.75, 3.05) is 5.75 Å². The SMILES string of the molecule is NC(=O)c1ccc(CSCCC(N)C(=O)O)c(Cl)c1. The van der Waals surface area contributed by atoms with Gasteiger partial charge in [-0.2, -0.15) is 11.8 Å². The van der Waals surface area contributed by atoms with Crippen LogP contribution < -0.4 is 11.5 Å². The zero-order valence-electron chi connectivity index (χ0n) is 10.1. The highest BCUT2D eigenvalue weighted by Gasteiger charge is 2.11. The van der Waals surface area contributed by atoms with Crippen LogP contribution in [0.25, 0.3) is 0 Å². The Kier molecular flexibility index (Phi) is 6.14. The van der Waals surface area contributed by atoms with E-state index in [0.29, 0.717) is 28.5 Å². The van der Waals surface area contributed by atoms with Gasteiger partial charge in [0.1, 0.15) is 6.04 Å². The summed E-state index contributed by atoms with van der Waals surface area (Å²) >= 11 is 7.56. The number of hydrogen-bond donors (Lipinski definition) is 3. The molecule has 1 aromatic rings. The minimum Gasteiger partial charge on any atom is -0.480 e. The lowest BCUT2D eigenvalue weighted by atomic mass is 10.1. The van der Waals surface area contributed by atoms with Crippen LogP contribution >= 0.6 is 23.4 Å². The average molecular weight is 303 g/mol. The van der Waals surface area contributed by atoms with Gasteiger partial charge < -0.3 is 16.6 Å². The summed E-state index contributed by atoms with van der Waals surface area (Å²) in [5.74, 6) is -0.260. The average Bonchev–Trinajstić information content (AvgIpc) is 2.35. The second kappa shape index (κ2) is 7.37. The van der Waals surface area contributed by atoms with E-state index >= 15 is 0 Å². The lowest BCUT2D eigenvalue weighted by Crippen LogP contribution is -2.30. The summed E-state index contributed by atoms with van der Waals surface area (Å²) in [7, 11) is 0. The zero-order chi connectivity index (χ0) is 14.4. The molecule has 0 aliphatic heterocycles. The molecule has 1 atom stereocenters. The summed E-state index contributed by atoms with van der Waals surface area (Å²) in [6, 6.07) is 4.06. The number of primary amides is 1. The predicted molar refractivity (Wildman–Crippen MR) is 76.4 cm³/mol. The first-order chi connectivity index (χ1) is 8.91. The van der Waals surface area contributed by atoms with Gasteiger partial charge in [-0.15, -0.1) is 0 Å². The first-order valence-corrected chi connectivity index (χ1v) is 7.09. The molecule has 0 saturated carbocycles. The maximum atomic E-state index is 11.0. The van der Waals surface area contributed by atoms with Gasteiger partial charge in [0.05, 0.1) is 0 Å². The number of thioether (sulfide) groups is 1. The summed E-state index contributed by atoms with van der Waals surface area (Å²) in [6.45, 7) is 0. The highest BCUT2D eigenvalue weighted by molar-refractivity contribution is 7.98. The molecule has 0 bridgehead atoms. The van der Waals surface area contributed by atoms with E-state index in [1.165, 1.54) is 17.8 Å². The molecule has 0 saturated heterocycles. The van der Waals surface area contributed by atoms with Crippen LogP contribution in [-0.4, -0.2) is 28.8 Å². The molecule has 0 aliphatic carbocycles. The number of nitrogens with two attached hydrogens (primary N) is 2. The number of carbonyl (C=O) groups excluding carboxylic acids is 1. The number of aliphatic carboxylic acids is 1. The molecule has 7 heteroatoms. The third-order valence-corrected chi connectivity index (χ3v) is 3.88. The lowest BCUT2D eigenvalue weighted by Gasteiger charge is -2.07. The maximum Gasteiger partial charge on any atom is 0.320 e. The molecule has 0 spiro atoms. The van der Waals surface area contributed by atoms with Crippen LogP contribution in [-0.2, 0) is 10.5 Å². The molecular formula is C12H15ClN2O3S. The van der Waals surface area contributed by atoms with E-state index in [0.717, 1.165) is 5.56 Å². The number of halogens is 1. The van der Waals surface area contributed by atoms with Gasteiger partial charge in [-0.1, -0.05) is 17.7 Å². The second-order valence-electron chi connectivity index (χ2n) is 3.96. The highest BCUT2D eigenvalue weighted by atomic mass is 35.5. The first-order valence-electron chi connectivity index (χ1n) is 5.56. The molecule has 1 rings (SSSR count). The standard InChI is InChI=1S/C12H15ClN2O3S/c13-9-5-7(11(15)16)1-2-8(9)6-19-4-3-10(14)12(17)18/h1-2,5,10H,3-4,6,14H2,(H2,15,16)(H,17,18). The number of carboxylic acids is 1. The van der Waals surface area contributed by atoms with Crippen LogP contribution in [0.1, 0.15) is 22.3 Å². The van der Waals surface area contributed by atoms with E-state index in [2.05, 4.69) is 0 Å². The van der Waals surface area contributed by atoms with Gasteiger partial charge in [-0.25, -0.2) is 0 Å². The maximum absolute atomic E-state index is 11.0. The Bertz CT molecular complexity index is 482. The van der Waals surface area contributed by atoms with E-state index in [9.17, 15) is 9.59 Å². The zero-order valence-corrected chi connectivity index (χ0v) is 11.7. The van der Waals surface area contributed by atoms with E-state index in [-0.39, 0.29) is 0 Å². The highest BCUT2D eigenvalue weighted by Crippen LogP contribution is 2.23. The Morgan fingerprint density at radius 1 is 1.42 bits per heavy atom. The Hall–Kier alpha value is -1.24. The van der Waals surface area contributed by atoms with Gasteiger partial charge in [-0.05, 0) is 29.9 Å². The summed E-state index contributed by atoms with van der Waals surface area (Å²) in [6.07, 6.45) is 0.400. The monoisotopic (exact) mass is 302 g/mol. The number of rotatable bonds is 7. The molecule has 104 valence electrons. The molecule has 5 nitrogen and oxygen atoms in total. The molecule has 0 aromatic heterocycles. The van der Waals surface area contributed by atoms with Crippen molar-refractivity contribution < 1.29 is 14.7 Å². The van der Waals surface area contributed by atoms with E-state index in [4.69, 9.17) is 28.2 Å². The van der Waals surface area contributed by atoms with Gasteiger partial charge >= 0.3 is 5.97 Å². The molecular weight excluding hydrogens is 288 g/mol. The minimum atomic E-state index is -0.996. The summed E-state index contributed by atoms with van der Waals surface area (Å²) in [4.78, 5) is 21.5. The molecule has 0 radical (unpaired) electrons. The van der Waals surface area contributed by atoms with Crippen molar-refractivity contribution in [2.45, 2.75) is 18.2 Å². The van der Waals surface area contributed by atoms with E-state index in [1.807, 2.05) is 0 Å². The summed E-state index contributed by atoms with van der Waals surface area (Å²) < 4.78 is 0. The van der Waals surface area contributed by atoms with Crippen LogP contribution in [0.2, 0.25) is 5.02 Å². The van der Waals surface area contributed by atoms with Gasteiger partial charge in [0.15, 0.2) is 0 Å². The molecule has 1 aromatic carbocycles. The summed E-state index contributed by atoms with van der Waals surface area (Å²) in [5, 5.41) is 9.10. The third kappa shape index (κ3) is 5.10. The van der Waals surface area contributed by atoms with Crippen molar-refractivity contribution in [1.82, 2.24) is 0 Å². The molecule has 0 heterocycles. The van der Waals surface area contributed by atoms with Crippen molar-refractivity contribution in [3.05, 3.63) is 34.3 Å². The Balaban J connectivity index is 2.46. The first kappa shape index (κ1) is 15.8. The smallest absolute Gasteiger partial charge is 0.320 e. The molecule has 0 aliphatic rings. The van der Waals surface area contributed by atoms with Crippen LogP contribution in [0.15, 0.2) is 18.2 Å². The molecule has 19 heavy (non-hydrogen) atoms. The number of carboxylic acid groups (broad SMARTS) is 1. The lowest BCUT2D eigenvalue weighted by molar-refractivity contribution is -0.138. The van der Waals surface area contributed by atoms with Crippen LogP contribution in [0.3, 0.4) is 0 Å². The fourth-order valence-corrected chi connectivity index (χ4v) is 2.70. The molecule has 1 amide bonds. The second-order valence-corrected chi connectivity index (χ2v) is 5.47. The predicted octanol–water partition coefficient (Wildman–Crippen LogP) is 1.47. The van der Waals surface area contributed by atoms with Gasteiger partial charge in [0.2, 0.25) is 5.91 Å². The Morgan fingerprint density at radius 3 is 2.63 bits per heavy atom. The fraction of sp³-hybridized carbons (Fsp3) is 0.333. The van der Waals surface area contributed by atoms with E-state index < -0.39 is 17.9 Å². The molecule has 0 fully saturated rings. The van der Waals surface area contributed by atoms with E-state index in [1.54, 1.807) is 12.1 Å². The van der Waals surface area contributed by atoms with Crippen LogP contribution in [0.5, 0.6) is 0 Å². The fourth-order valence-electron chi connectivity index (χ4n) is 1.33. The quantitative estimate of drug-likeness (QED) is 0.661. The third-order valence-electron chi connectivity index (χ3n) is 2.49. The summed E-state index contributed by atoms with van der Waals surface area (Å²) in [5.41, 5.74) is 11.8. The normalized spacial score (nSPS) is 12.1. The van der Waals surface area contributed by atoms with Crippen molar-refractivity contribution in [3.63, 3.8) is 0 Å². The van der Waals surface area contributed by atoms with Crippen LogP contribution in [0.4, 0.5) is 0 Å². The van der Waals surface area contributed by atoms with Gasteiger partial charge in [0, 0.05) is 16.3 Å². The van der Waals surface area contributed by atoms with Crippen molar-refractivity contribution in [3.8, 4) is 0 Å². The molecule has 1 unspecified atom stereocenters. The molecule has 5 N–H and O–H groups in total. The Morgan fingerprint density at radius 2 is 2.11 bits per heavy atom. The minimum absolute atomic E-state index is 0.367. The number of benzene rings is 1. The van der Waals surface area contributed by atoms with Gasteiger partial charge in [-0.3, -0.25) is 9.59 Å². The number of carbonyl (C=O) groups is 2. The van der Waals surface area contributed by atoms with Crippen LogP contribution in [0, 0.1) is 0 Å². The van der Waals surface area contributed by atoms with Gasteiger partial charge in [0.25, 0.3) is 0 Å². The van der Waals surface area contributed by atoms with Crippen molar-refractivity contribution in [1.29, 1.82) is 0 Å². The number of hydrogen-bond acceptors (Lipinski definition) is 4. The topological polar surface area (TPSA) is 106 Å². The Labute approximate surface area is 120 Å². The largest absolute Gasteiger partial charge is 0.480 e. The van der Waals surface area contributed by atoms with Crippen molar-refractivity contribution in [2.24, 2.45) is 11.5 Å². The van der Waals surface area contributed by atoms with Crippen molar-refractivity contribution >= 4 is 35.2 Å². The number of amides is 1.